The molecule has 1 aliphatic carbocycles. The second-order valence-corrected chi connectivity index (χ2v) is 7.55. The smallest absolute Gasteiger partial charge is 0.0181 e. The molecule has 96 valence electrons. The Labute approximate surface area is 111 Å². The minimum absolute atomic E-state index is 0.498. The first kappa shape index (κ1) is 14.5. The van der Waals surface area contributed by atoms with Gasteiger partial charge in [0, 0.05) is 4.83 Å². The van der Waals surface area contributed by atoms with Gasteiger partial charge in [-0.25, -0.2) is 0 Å². The maximum atomic E-state index is 3.96. The van der Waals surface area contributed by atoms with Gasteiger partial charge in [0.2, 0.25) is 0 Å². The summed E-state index contributed by atoms with van der Waals surface area (Å²) in [6.07, 6.45) is 6.87. The minimum atomic E-state index is 0.498. The molecule has 0 bridgehead atoms. The van der Waals surface area contributed by atoms with Gasteiger partial charge in [-0.2, -0.15) is 0 Å². The van der Waals surface area contributed by atoms with E-state index in [0.29, 0.717) is 5.41 Å². The summed E-state index contributed by atoms with van der Waals surface area (Å²) in [6, 6.07) is 0. The Bertz CT molecular complexity index is 205. The van der Waals surface area contributed by atoms with E-state index in [1.165, 1.54) is 32.1 Å². The molecule has 1 heteroatoms. The Morgan fingerprint density at radius 3 is 2.19 bits per heavy atom. The van der Waals surface area contributed by atoms with Crippen LogP contribution < -0.4 is 0 Å². The van der Waals surface area contributed by atoms with Crippen LogP contribution >= 0.6 is 15.9 Å². The zero-order valence-corrected chi connectivity index (χ0v) is 13.3. The van der Waals surface area contributed by atoms with Crippen LogP contribution in [0.4, 0.5) is 0 Å². The van der Waals surface area contributed by atoms with Crippen molar-refractivity contribution >= 4 is 15.9 Å². The van der Waals surface area contributed by atoms with Gasteiger partial charge in [0.1, 0.15) is 0 Å². The van der Waals surface area contributed by atoms with Crippen LogP contribution in [-0.4, -0.2) is 4.83 Å². The summed E-state index contributed by atoms with van der Waals surface area (Å²) < 4.78 is 0. The van der Waals surface area contributed by atoms with Crippen LogP contribution in [0.1, 0.15) is 66.7 Å². The molecule has 0 spiro atoms. The first-order valence-electron chi connectivity index (χ1n) is 7.07. The first-order chi connectivity index (χ1) is 7.43. The quantitative estimate of drug-likeness (QED) is 0.587. The molecular formula is C15H29Br. The van der Waals surface area contributed by atoms with E-state index in [1.54, 1.807) is 0 Å². The highest BCUT2D eigenvalue weighted by Crippen LogP contribution is 2.48. The van der Waals surface area contributed by atoms with Crippen LogP contribution in [0.5, 0.6) is 0 Å². The predicted molar refractivity (Wildman–Crippen MR) is 77.1 cm³/mol. The average Bonchev–Trinajstić information content (AvgIpc) is 2.18. The third-order valence-electron chi connectivity index (χ3n) is 5.03. The molecule has 0 amide bonds. The maximum Gasteiger partial charge on any atom is 0.0181 e. The van der Waals surface area contributed by atoms with E-state index in [4.69, 9.17) is 0 Å². The normalized spacial score (nSPS) is 32.1. The molecule has 0 N–H and O–H groups in total. The van der Waals surface area contributed by atoms with Gasteiger partial charge in [0.15, 0.2) is 0 Å². The second-order valence-electron chi connectivity index (χ2n) is 6.38. The molecule has 0 heterocycles. The second kappa shape index (κ2) is 5.89. The molecule has 1 aliphatic rings. The van der Waals surface area contributed by atoms with Crippen molar-refractivity contribution in [3.05, 3.63) is 0 Å². The summed E-state index contributed by atoms with van der Waals surface area (Å²) >= 11 is 3.96. The van der Waals surface area contributed by atoms with Crippen molar-refractivity contribution in [3.63, 3.8) is 0 Å². The van der Waals surface area contributed by atoms with Crippen molar-refractivity contribution < 1.29 is 0 Å². The molecule has 0 aromatic rings. The molecule has 0 aliphatic heterocycles. The number of rotatable bonds is 4. The number of halogens is 1. The zero-order chi connectivity index (χ0) is 12.3. The summed E-state index contributed by atoms with van der Waals surface area (Å²) in [6.45, 7) is 12.1. The zero-order valence-electron chi connectivity index (χ0n) is 11.7. The molecule has 1 saturated carbocycles. The summed E-state index contributed by atoms with van der Waals surface area (Å²) in [7, 11) is 0. The monoisotopic (exact) mass is 288 g/mol. The van der Waals surface area contributed by atoms with Crippen molar-refractivity contribution in [2.45, 2.75) is 71.5 Å². The molecule has 3 unspecified atom stereocenters. The molecule has 0 radical (unpaired) electrons. The lowest BCUT2D eigenvalue weighted by atomic mass is 9.62. The largest absolute Gasteiger partial charge is 0.0887 e. The van der Waals surface area contributed by atoms with Gasteiger partial charge in [0.05, 0.1) is 0 Å². The lowest BCUT2D eigenvalue weighted by Gasteiger charge is -2.46. The van der Waals surface area contributed by atoms with Crippen LogP contribution in [0, 0.1) is 23.2 Å². The SMILES string of the molecule is CCC(CC)C(C)(C)C1CCC(C)CC1Br. The average molecular weight is 289 g/mol. The van der Waals surface area contributed by atoms with Crippen LogP contribution in [0.2, 0.25) is 0 Å². The number of alkyl halides is 1. The van der Waals surface area contributed by atoms with Gasteiger partial charge in [0.25, 0.3) is 0 Å². The van der Waals surface area contributed by atoms with Crippen molar-refractivity contribution in [1.29, 1.82) is 0 Å². The number of hydrogen-bond acceptors (Lipinski definition) is 0. The molecule has 0 aromatic heterocycles. The van der Waals surface area contributed by atoms with Gasteiger partial charge < -0.3 is 0 Å². The molecule has 16 heavy (non-hydrogen) atoms. The molecule has 0 saturated heterocycles. The maximum absolute atomic E-state index is 3.96. The Morgan fingerprint density at radius 2 is 1.75 bits per heavy atom. The van der Waals surface area contributed by atoms with E-state index in [0.717, 1.165) is 22.6 Å². The van der Waals surface area contributed by atoms with Gasteiger partial charge in [-0.1, -0.05) is 69.8 Å². The van der Waals surface area contributed by atoms with E-state index in [-0.39, 0.29) is 0 Å². The summed E-state index contributed by atoms with van der Waals surface area (Å²) in [4.78, 5) is 0.742. The van der Waals surface area contributed by atoms with Crippen molar-refractivity contribution in [1.82, 2.24) is 0 Å². The highest BCUT2D eigenvalue weighted by Gasteiger charge is 2.41. The molecular weight excluding hydrogens is 260 g/mol. The van der Waals surface area contributed by atoms with E-state index < -0.39 is 0 Å². The standard InChI is InChI=1S/C15H29Br/c1-6-12(7-2)15(4,5)13-9-8-11(3)10-14(13)16/h11-14H,6-10H2,1-5H3. The molecule has 0 nitrogen and oxygen atoms in total. The summed E-state index contributed by atoms with van der Waals surface area (Å²) in [5, 5.41) is 0. The fraction of sp³-hybridized carbons (Fsp3) is 1.00. The van der Waals surface area contributed by atoms with E-state index in [2.05, 4.69) is 50.5 Å². The molecule has 0 aromatic carbocycles. The molecule has 1 fully saturated rings. The Morgan fingerprint density at radius 1 is 1.19 bits per heavy atom. The van der Waals surface area contributed by atoms with Gasteiger partial charge in [-0.3, -0.25) is 0 Å². The number of hydrogen-bond donors (Lipinski definition) is 0. The third-order valence-corrected chi connectivity index (χ3v) is 6.04. The summed E-state index contributed by atoms with van der Waals surface area (Å²) in [5.74, 6) is 2.66. The summed E-state index contributed by atoms with van der Waals surface area (Å²) in [5.41, 5.74) is 0.498. The fourth-order valence-electron chi connectivity index (χ4n) is 3.79. The van der Waals surface area contributed by atoms with E-state index in [1.807, 2.05) is 0 Å². The lowest BCUT2D eigenvalue weighted by Crippen LogP contribution is -2.40. The first-order valence-corrected chi connectivity index (χ1v) is 7.99. The Hall–Kier alpha value is 0.480. The third kappa shape index (κ3) is 3.03. The van der Waals surface area contributed by atoms with Crippen LogP contribution in [0.3, 0.4) is 0 Å². The Balaban J connectivity index is 2.74. The van der Waals surface area contributed by atoms with Crippen LogP contribution in [-0.2, 0) is 0 Å². The minimum Gasteiger partial charge on any atom is -0.0887 e. The molecule has 3 atom stereocenters. The van der Waals surface area contributed by atoms with Gasteiger partial charge in [-0.05, 0) is 36.0 Å². The predicted octanol–water partition coefficient (Wildman–Crippen LogP) is 5.65. The Kier molecular flexibility index (Phi) is 5.35. The van der Waals surface area contributed by atoms with Crippen LogP contribution in [0.25, 0.3) is 0 Å². The van der Waals surface area contributed by atoms with Crippen molar-refractivity contribution in [2.75, 3.05) is 0 Å². The van der Waals surface area contributed by atoms with Crippen molar-refractivity contribution in [3.8, 4) is 0 Å². The fourth-order valence-corrected chi connectivity index (χ4v) is 5.38. The molecule has 1 rings (SSSR count). The van der Waals surface area contributed by atoms with E-state index in [9.17, 15) is 0 Å². The van der Waals surface area contributed by atoms with Crippen molar-refractivity contribution in [2.24, 2.45) is 23.2 Å². The topological polar surface area (TPSA) is 0 Å². The van der Waals surface area contributed by atoms with E-state index >= 15 is 0 Å². The highest BCUT2D eigenvalue weighted by molar-refractivity contribution is 9.09. The van der Waals surface area contributed by atoms with Gasteiger partial charge >= 0.3 is 0 Å². The van der Waals surface area contributed by atoms with Gasteiger partial charge in [-0.15, -0.1) is 0 Å². The highest BCUT2D eigenvalue weighted by atomic mass is 79.9. The lowest BCUT2D eigenvalue weighted by molar-refractivity contribution is 0.0731. The van der Waals surface area contributed by atoms with Crippen LogP contribution in [0.15, 0.2) is 0 Å².